The molecule has 1 amide bonds. The molecule has 0 aliphatic heterocycles. The summed E-state index contributed by atoms with van der Waals surface area (Å²) in [5.41, 5.74) is 2.99. The van der Waals surface area contributed by atoms with Crippen LogP contribution in [0.3, 0.4) is 0 Å². The highest BCUT2D eigenvalue weighted by Gasteiger charge is 2.20. The molecule has 3 aromatic rings. The van der Waals surface area contributed by atoms with E-state index in [9.17, 15) is 9.59 Å². The highest BCUT2D eigenvalue weighted by atomic mass is 79.9. The van der Waals surface area contributed by atoms with Crippen LogP contribution in [0.15, 0.2) is 53.0 Å². The van der Waals surface area contributed by atoms with E-state index < -0.39 is 11.9 Å². The number of pyridine rings is 1. The molecule has 1 N–H and O–H groups in total. The van der Waals surface area contributed by atoms with Crippen LogP contribution in [0.2, 0.25) is 0 Å². The van der Waals surface area contributed by atoms with Gasteiger partial charge in [0.25, 0.3) is 5.91 Å². The molecule has 0 fully saturated rings. The molecule has 0 saturated carbocycles. The quantitative estimate of drug-likeness (QED) is 0.501. The van der Waals surface area contributed by atoms with Crippen LogP contribution in [0.25, 0.3) is 11.3 Å². The Labute approximate surface area is 188 Å². The van der Waals surface area contributed by atoms with Crippen LogP contribution in [0.5, 0.6) is 11.5 Å². The van der Waals surface area contributed by atoms with Gasteiger partial charge in [-0.25, -0.2) is 4.79 Å². The van der Waals surface area contributed by atoms with Crippen molar-refractivity contribution in [1.82, 2.24) is 4.98 Å². The van der Waals surface area contributed by atoms with E-state index in [1.54, 1.807) is 19.1 Å². The first-order chi connectivity index (χ1) is 14.9. The van der Waals surface area contributed by atoms with Gasteiger partial charge in [-0.3, -0.25) is 9.78 Å². The largest absolute Gasteiger partial charge is 0.493 e. The minimum atomic E-state index is -0.615. The average Bonchev–Trinajstić information content (AvgIpc) is 2.77. The molecule has 160 valence electrons. The lowest BCUT2D eigenvalue weighted by atomic mass is 10.1. The van der Waals surface area contributed by atoms with Crippen molar-refractivity contribution in [3.05, 3.63) is 69.8 Å². The number of hydrogen-bond donors (Lipinski definition) is 1. The number of halogens is 1. The maximum absolute atomic E-state index is 13.0. The third kappa shape index (κ3) is 4.86. The summed E-state index contributed by atoms with van der Waals surface area (Å²) >= 11 is 3.45. The molecule has 0 spiro atoms. The van der Waals surface area contributed by atoms with Crippen LogP contribution in [-0.2, 0) is 4.74 Å². The van der Waals surface area contributed by atoms with Crippen LogP contribution in [0.1, 0.15) is 26.4 Å². The Balaban J connectivity index is 1.95. The molecule has 0 atom stereocenters. The van der Waals surface area contributed by atoms with Crippen molar-refractivity contribution in [3.8, 4) is 22.8 Å². The van der Waals surface area contributed by atoms with Crippen LogP contribution >= 0.6 is 15.9 Å². The predicted molar refractivity (Wildman–Crippen MR) is 121 cm³/mol. The average molecular weight is 485 g/mol. The summed E-state index contributed by atoms with van der Waals surface area (Å²) < 4.78 is 16.3. The number of nitrogens with one attached hydrogen (secondary N) is 1. The molecule has 0 aliphatic rings. The normalized spacial score (nSPS) is 10.4. The van der Waals surface area contributed by atoms with Crippen molar-refractivity contribution in [2.75, 3.05) is 26.6 Å². The van der Waals surface area contributed by atoms with Crippen molar-refractivity contribution in [2.24, 2.45) is 0 Å². The number of ether oxygens (including phenoxy) is 3. The Bertz CT molecular complexity index is 1150. The summed E-state index contributed by atoms with van der Waals surface area (Å²) in [6.07, 6.45) is 0. The van der Waals surface area contributed by atoms with E-state index in [4.69, 9.17) is 14.2 Å². The molecule has 0 unspecified atom stereocenters. The van der Waals surface area contributed by atoms with E-state index in [1.165, 1.54) is 33.5 Å². The van der Waals surface area contributed by atoms with Crippen molar-refractivity contribution < 1.29 is 23.8 Å². The molecule has 2 aromatic carbocycles. The second kappa shape index (κ2) is 9.61. The van der Waals surface area contributed by atoms with Gasteiger partial charge in [0.15, 0.2) is 11.5 Å². The van der Waals surface area contributed by atoms with Gasteiger partial charge in [-0.2, -0.15) is 0 Å². The zero-order chi connectivity index (χ0) is 22.5. The summed E-state index contributed by atoms with van der Waals surface area (Å²) in [6, 6.07) is 14.2. The number of carbonyl (C=O) groups excluding carboxylic acids is 2. The Morgan fingerprint density at radius 3 is 2.26 bits per heavy atom. The van der Waals surface area contributed by atoms with Crippen LogP contribution < -0.4 is 14.8 Å². The molecule has 31 heavy (non-hydrogen) atoms. The maximum Gasteiger partial charge on any atom is 0.340 e. The fraction of sp³-hybridized carbons (Fsp3) is 0.174. The smallest absolute Gasteiger partial charge is 0.340 e. The van der Waals surface area contributed by atoms with Gasteiger partial charge < -0.3 is 19.5 Å². The summed E-state index contributed by atoms with van der Waals surface area (Å²) in [4.78, 5) is 29.8. The lowest BCUT2D eigenvalue weighted by molar-refractivity contribution is 0.0601. The topological polar surface area (TPSA) is 86.8 Å². The molecular weight excluding hydrogens is 464 g/mol. The summed E-state index contributed by atoms with van der Waals surface area (Å²) in [5.74, 6) is -0.318. The van der Waals surface area contributed by atoms with E-state index >= 15 is 0 Å². The minimum absolute atomic E-state index is 0.143. The van der Waals surface area contributed by atoms with Gasteiger partial charge in [0.05, 0.1) is 49.5 Å². The van der Waals surface area contributed by atoms with Crippen molar-refractivity contribution in [1.29, 1.82) is 0 Å². The van der Waals surface area contributed by atoms with E-state index in [0.717, 1.165) is 15.7 Å². The van der Waals surface area contributed by atoms with Gasteiger partial charge in [-0.15, -0.1) is 0 Å². The van der Waals surface area contributed by atoms with Crippen LogP contribution in [-0.4, -0.2) is 38.2 Å². The first-order valence-corrected chi connectivity index (χ1v) is 10.1. The van der Waals surface area contributed by atoms with Gasteiger partial charge in [0.1, 0.15) is 0 Å². The lowest BCUT2D eigenvalue weighted by Gasteiger charge is -2.15. The number of nitrogens with zero attached hydrogens (tertiary/aromatic N) is 1. The van der Waals surface area contributed by atoms with E-state index in [1.807, 2.05) is 24.3 Å². The number of hydrogen-bond acceptors (Lipinski definition) is 6. The fourth-order valence-corrected chi connectivity index (χ4v) is 3.46. The van der Waals surface area contributed by atoms with Gasteiger partial charge in [0, 0.05) is 22.2 Å². The van der Waals surface area contributed by atoms with Crippen molar-refractivity contribution >= 4 is 33.5 Å². The standard InChI is InChI=1S/C23H21BrN2O5/c1-13-16(8-9-18(25-13)14-6-5-7-15(24)10-14)22(27)26-19-12-21(30-3)20(29-2)11-17(19)23(28)31-4/h5-12H,1-4H3,(H,26,27). The minimum Gasteiger partial charge on any atom is -0.493 e. The molecule has 1 heterocycles. The number of amides is 1. The number of methoxy groups -OCH3 is 3. The van der Waals surface area contributed by atoms with Crippen LogP contribution in [0, 0.1) is 6.92 Å². The molecule has 0 aliphatic carbocycles. The second-order valence-corrected chi connectivity index (χ2v) is 7.45. The summed E-state index contributed by atoms with van der Waals surface area (Å²) in [6.45, 7) is 1.76. The number of aryl methyl sites for hydroxylation is 1. The molecular formula is C23H21BrN2O5. The van der Waals surface area contributed by atoms with Gasteiger partial charge in [-0.1, -0.05) is 28.1 Å². The molecule has 1 aromatic heterocycles. The first kappa shape index (κ1) is 22.3. The Morgan fingerprint density at radius 2 is 1.65 bits per heavy atom. The van der Waals surface area contributed by atoms with E-state index in [0.29, 0.717) is 22.8 Å². The Hall–Kier alpha value is -3.39. The first-order valence-electron chi connectivity index (χ1n) is 9.27. The molecule has 0 bridgehead atoms. The van der Waals surface area contributed by atoms with Gasteiger partial charge in [0.2, 0.25) is 0 Å². The van der Waals surface area contributed by atoms with Crippen molar-refractivity contribution in [2.45, 2.75) is 6.92 Å². The predicted octanol–water partition coefficient (Wildman–Crippen LogP) is 4.88. The fourth-order valence-electron chi connectivity index (χ4n) is 3.06. The second-order valence-electron chi connectivity index (χ2n) is 6.54. The number of carbonyl (C=O) groups is 2. The monoisotopic (exact) mass is 484 g/mol. The zero-order valence-corrected chi connectivity index (χ0v) is 19.1. The van der Waals surface area contributed by atoms with E-state index in [2.05, 4.69) is 26.2 Å². The number of aromatic nitrogens is 1. The summed E-state index contributed by atoms with van der Waals surface area (Å²) in [5, 5.41) is 2.75. The molecule has 0 saturated heterocycles. The molecule has 7 nitrogen and oxygen atoms in total. The number of anilines is 1. The van der Waals surface area contributed by atoms with Crippen LogP contribution in [0.4, 0.5) is 5.69 Å². The number of benzene rings is 2. The third-order valence-electron chi connectivity index (χ3n) is 4.63. The Kier molecular flexibility index (Phi) is 6.91. The summed E-state index contributed by atoms with van der Waals surface area (Å²) in [7, 11) is 4.19. The Morgan fingerprint density at radius 1 is 0.935 bits per heavy atom. The lowest BCUT2D eigenvalue weighted by Crippen LogP contribution is -2.17. The highest BCUT2D eigenvalue weighted by molar-refractivity contribution is 9.10. The number of esters is 1. The molecule has 8 heteroatoms. The maximum atomic E-state index is 13.0. The highest BCUT2D eigenvalue weighted by Crippen LogP contribution is 2.34. The van der Waals surface area contributed by atoms with E-state index in [-0.39, 0.29) is 11.3 Å². The van der Waals surface area contributed by atoms with Gasteiger partial charge in [-0.05, 0) is 31.2 Å². The van der Waals surface area contributed by atoms with Crippen molar-refractivity contribution in [3.63, 3.8) is 0 Å². The zero-order valence-electron chi connectivity index (χ0n) is 17.5. The number of rotatable bonds is 6. The molecule has 3 rings (SSSR count). The third-order valence-corrected chi connectivity index (χ3v) is 5.12. The molecule has 0 radical (unpaired) electrons. The van der Waals surface area contributed by atoms with Gasteiger partial charge >= 0.3 is 5.97 Å². The SMILES string of the molecule is COC(=O)c1cc(OC)c(OC)cc1NC(=O)c1ccc(-c2cccc(Br)c2)nc1C.